The summed E-state index contributed by atoms with van der Waals surface area (Å²) in [7, 11) is 0. The summed E-state index contributed by atoms with van der Waals surface area (Å²) in [6.07, 6.45) is 8.68. The first-order chi connectivity index (χ1) is 7.95. The van der Waals surface area contributed by atoms with E-state index in [2.05, 4.69) is 41.5 Å². The predicted molar refractivity (Wildman–Crippen MR) is 71.2 cm³/mol. The lowest BCUT2D eigenvalue weighted by molar-refractivity contribution is 0.714. The standard InChI is InChI=1S/C15H16S/c1-2-5-9-14(8-4-1)12-13-16-15-10-6-3-7-11-15/h3,6-8,10-11H,1-2,4-5,9H2. The Bertz CT molecular complexity index is 406. The van der Waals surface area contributed by atoms with Crippen molar-refractivity contribution < 1.29 is 0 Å². The molecule has 0 nitrogen and oxygen atoms in total. The van der Waals surface area contributed by atoms with Crippen molar-refractivity contribution in [1.82, 2.24) is 0 Å². The van der Waals surface area contributed by atoms with Crippen molar-refractivity contribution in [3.05, 3.63) is 42.0 Å². The minimum atomic E-state index is 1.17. The molecule has 0 atom stereocenters. The van der Waals surface area contributed by atoms with Gasteiger partial charge < -0.3 is 0 Å². The number of hydrogen-bond acceptors (Lipinski definition) is 1. The van der Waals surface area contributed by atoms with Gasteiger partial charge in [0.2, 0.25) is 0 Å². The van der Waals surface area contributed by atoms with Gasteiger partial charge in [-0.05, 0) is 60.4 Å². The molecule has 1 aromatic carbocycles. The molecule has 1 aliphatic carbocycles. The first kappa shape index (κ1) is 11.4. The van der Waals surface area contributed by atoms with Crippen LogP contribution in [0, 0.1) is 11.2 Å². The average Bonchev–Trinajstić information content (AvgIpc) is 2.59. The molecular weight excluding hydrogens is 212 g/mol. The molecule has 0 N–H and O–H groups in total. The third-order valence-corrected chi connectivity index (χ3v) is 3.38. The third kappa shape index (κ3) is 3.79. The lowest BCUT2D eigenvalue weighted by Crippen LogP contribution is -1.76. The van der Waals surface area contributed by atoms with Gasteiger partial charge in [-0.25, -0.2) is 0 Å². The molecule has 0 saturated carbocycles. The summed E-state index contributed by atoms with van der Waals surface area (Å²) in [6.45, 7) is 0. The van der Waals surface area contributed by atoms with Gasteiger partial charge in [-0.2, -0.15) is 0 Å². The largest absolute Gasteiger partial charge is 0.0729 e. The fraction of sp³-hybridized carbons (Fsp3) is 0.333. The summed E-state index contributed by atoms with van der Waals surface area (Å²) in [5.74, 6) is 3.28. The first-order valence-electron chi connectivity index (χ1n) is 5.87. The van der Waals surface area contributed by atoms with Crippen LogP contribution in [0.15, 0.2) is 46.9 Å². The van der Waals surface area contributed by atoms with Gasteiger partial charge in [0.05, 0.1) is 0 Å². The van der Waals surface area contributed by atoms with E-state index < -0.39 is 0 Å². The summed E-state index contributed by atoms with van der Waals surface area (Å²) in [5.41, 5.74) is 1.33. The maximum Gasteiger partial charge on any atom is 0.0203 e. The van der Waals surface area contributed by atoms with Crippen molar-refractivity contribution in [2.45, 2.75) is 37.0 Å². The molecule has 0 heterocycles. The predicted octanol–water partition coefficient (Wildman–Crippen LogP) is 4.63. The molecule has 2 rings (SSSR count). The zero-order chi connectivity index (χ0) is 11.1. The summed E-state index contributed by atoms with van der Waals surface area (Å²) in [5, 5.41) is 3.20. The van der Waals surface area contributed by atoms with Gasteiger partial charge in [0.1, 0.15) is 0 Å². The van der Waals surface area contributed by atoms with Gasteiger partial charge >= 0.3 is 0 Å². The molecule has 82 valence electrons. The van der Waals surface area contributed by atoms with E-state index in [0.29, 0.717) is 0 Å². The van der Waals surface area contributed by atoms with E-state index in [4.69, 9.17) is 0 Å². The first-order valence-corrected chi connectivity index (χ1v) is 6.69. The number of allylic oxidation sites excluding steroid dienone is 2. The quantitative estimate of drug-likeness (QED) is 0.499. The van der Waals surface area contributed by atoms with Crippen LogP contribution in [0.3, 0.4) is 0 Å². The van der Waals surface area contributed by atoms with Crippen LogP contribution < -0.4 is 0 Å². The van der Waals surface area contributed by atoms with E-state index in [9.17, 15) is 0 Å². The number of thioether (sulfide) groups is 1. The lowest BCUT2D eigenvalue weighted by Gasteiger charge is -1.94. The van der Waals surface area contributed by atoms with Gasteiger partial charge in [-0.3, -0.25) is 0 Å². The van der Waals surface area contributed by atoms with Crippen LogP contribution in [0.2, 0.25) is 0 Å². The Labute approximate surface area is 102 Å². The van der Waals surface area contributed by atoms with E-state index >= 15 is 0 Å². The smallest absolute Gasteiger partial charge is 0.0203 e. The third-order valence-electron chi connectivity index (χ3n) is 2.66. The van der Waals surface area contributed by atoms with Crippen molar-refractivity contribution in [1.29, 1.82) is 0 Å². The SMILES string of the molecule is C(#CC1=CCCCCC1)Sc1ccccc1. The van der Waals surface area contributed by atoms with Crippen LogP contribution in [0.5, 0.6) is 0 Å². The summed E-state index contributed by atoms with van der Waals surface area (Å²) in [4.78, 5) is 1.23. The summed E-state index contributed by atoms with van der Waals surface area (Å²) < 4.78 is 0. The molecule has 0 aliphatic heterocycles. The van der Waals surface area contributed by atoms with Crippen molar-refractivity contribution >= 4 is 11.8 Å². The molecule has 0 amide bonds. The van der Waals surface area contributed by atoms with Gasteiger partial charge in [-0.1, -0.05) is 36.6 Å². The highest BCUT2D eigenvalue weighted by molar-refractivity contribution is 8.03. The highest BCUT2D eigenvalue weighted by Gasteiger charge is 1.99. The molecule has 0 unspecified atom stereocenters. The minimum Gasteiger partial charge on any atom is -0.0729 e. The van der Waals surface area contributed by atoms with Crippen molar-refractivity contribution in [3.8, 4) is 11.2 Å². The topological polar surface area (TPSA) is 0 Å². The van der Waals surface area contributed by atoms with Crippen molar-refractivity contribution in [3.63, 3.8) is 0 Å². The average molecular weight is 228 g/mol. The van der Waals surface area contributed by atoms with Crippen molar-refractivity contribution in [2.24, 2.45) is 0 Å². The van der Waals surface area contributed by atoms with Gasteiger partial charge in [-0.15, -0.1) is 0 Å². The van der Waals surface area contributed by atoms with Crippen LogP contribution in [0.4, 0.5) is 0 Å². The Hall–Kier alpha value is -1.13. The molecule has 1 heteroatoms. The summed E-state index contributed by atoms with van der Waals surface area (Å²) >= 11 is 1.62. The minimum absolute atomic E-state index is 1.17. The van der Waals surface area contributed by atoms with E-state index in [1.54, 1.807) is 11.8 Å². The van der Waals surface area contributed by atoms with E-state index in [-0.39, 0.29) is 0 Å². The van der Waals surface area contributed by atoms with Crippen LogP contribution in [-0.4, -0.2) is 0 Å². The van der Waals surface area contributed by atoms with Crippen molar-refractivity contribution in [2.75, 3.05) is 0 Å². The maximum absolute atomic E-state index is 3.28. The van der Waals surface area contributed by atoms with Crippen LogP contribution in [0.1, 0.15) is 32.1 Å². The zero-order valence-corrected chi connectivity index (χ0v) is 10.2. The molecule has 0 saturated heterocycles. The molecular formula is C15H16S. The monoisotopic (exact) mass is 228 g/mol. The summed E-state index contributed by atoms with van der Waals surface area (Å²) in [6, 6.07) is 10.3. The molecule has 0 aromatic heterocycles. The Morgan fingerprint density at radius 2 is 1.88 bits per heavy atom. The van der Waals surface area contributed by atoms with Crippen LogP contribution in [0.25, 0.3) is 0 Å². The fourth-order valence-electron chi connectivity index (χ4n) is 1.77. The normalized spacial score (nSPS) is 15.6. The molecule has 1 aliphatic rings. The second-order valence-corrected chi connectivity index (χ2v) is 4.85. The number of benzene rings is 1. The number of rotatable bonds is 1. The van der Waals surface area contributed by atoms with Crippen LogP contribution in [-0.2, 0) is 0 Å². The van der Waals surface area contributed by atoms with Crippen LogP contribution >= 0.6 is 11.8 Å². The molecule has 1 aromatic rings. The van der Waals surface area contributed by atoms with E-state index in [0.717, 1.165) is 0 Å². The highest BCUT2D eigenvalue weighted by atomic mass is 32.2. The maximum atomic E-state index is 3.28. The molecule has 0 radical (unpaired) electrons. The Morgan fingerprint density at radius 3 is 2.75 bits per heavy atom. The van der Waals surface area contributed by atoms with Gasteiger partial charge in [0.15, 0.2) is 0 Å². The molecule has 0 bridgehead atoms. The fourth-order valence-corrected chi connectivity index (χ4v) is 2.36. The Morgan fingerprint density at radius 1 is 1.00 bits per heavy atom. The Kier molecular flexibility index (Phi) is 4.58. The number of hydrogen-bond donors (Lipinski definition) is 0. The van der Waals surface area contributed by atoms with E-state index in [1.807, 2.05) is 6.07 Å². The zero-order valence-electron chi connectivity index (χ0n) is 9.41. The Balaban J connectivity index is 1.92. The molecule has 0 fully saturated rings. The van der Waals surface area contributed by atoms with Gasteiger partial charge in [0, 0.05) is 4.90 Å². The molecule has 16 heavy (non-hydrogen) atoms. The lowest BCUT2D eigenvalue weighted by atomic mass is 10.1. The highest BCUT2D eigenvalue weighted by Crippen LogP contribution is 2.18. The molecule has 0 spiro atoms. The second-order valence-electron chi connectivity index (χ2n) is 3.97. The van der Waals surface area contributed by atoms with E-state index in [1.165, 1.54) is 42.6 Å². The second kappa shape index (κ2) is 6.45. The van der Waals surface area contributed by atoms with Gasteiger partial charge in [0.25, 0.3) is 0 Å².